The fourth-order valence-corrected chi connectivity index (χ4v) is 3.42. The number of rotatable bonds is 4. The zero-order chi connectivity index (χ0) is 14.2. The van der Waals surface area contributed by atoms with Gasteiger partial charge in [0.2, 0.25) is 0 Å². The zero-order valence-electron chi connectivity index (χ0n) is 11.9. The number of aryl methyl sites for hydroxylation is 1. The van der Waals surface area contributed by atoms with E-state index in [4.69, 9.17) is 5.10 Å². The Morgan fingerprint density at radius 2 is 2.24 bits per heavy atom. The number of hydrogen-bond acceptors (Lipinski definition) is 4. The third-order valence-electron chi connectivity index (χ3n) is 3.72. The van der Waals surface area contributed by atoms with E-state index in [1.807, 2.05) is 25.3 Å². The van der Waals surface area contributed by atoms with Crippen molar-refractivity contribution in [3.63, 3.8) is 0 Å². The molecule has 21 heavy (non-hydrogen) atoms. The summed E-state index contributed by atoms with van der Waals surface area (Å²) in [6, 6.07) is 6.08. The van der Waals surface area contributed by atoms with Crippen LogP contribution in [0.5, 0.6) is 0 Å². The van der Waals surface area contributed by atoms with Gasteiger partial charge in [0, 0.05) is 30.7 Å². The molecule has 3 aromatic heterocycles. The lowest BCUT2D eigenvalue weighted by atomic mass is 10.3. The average molecular weight is 296 g/mol. The second-order valence-electron chi connectivity index (χ2n) is 5.54. The minimum absolute atomic E-state index is 0.839. The summed E-state index contributed by atoms with van der Waals surface area (Å²) in [5.41, 5.74) is 3.13. The van der Waals surface area contributed by atoms with Crippen molar-refractivity contribution in [1.82, 2.24) is 19.7 Å². The van der Waals surface area contributed by atoms with Crippen LogP contribution in [0.4, 0.5) is 0 Å². The van der Waals surface area contributed by atoms with Gasteiger partial charge in [0.1, 0.15) is 10.7 Å². The normalized spacial score (nSPS) is 14.5. The third-order valence-corrected chi connectivity index (χ3v) is 4.95. The summed E-state index contributed by atoms with van der Waals surface area (Å²) in [5, 5.41) is 5.71. The largest absolute Gasteiger partial charge is 0.272 e. The summed E-state index contributed by atoms with van der Waals surface area (Å²) in [6.45, 7) is 3.10. The fourth-order valence-electron chi connectivity index (χ4n) is 2.40. The minimum Gasteiger partial charge on any atom is -0.272 e. The van der Waals surface area contributed by atoms with Crippen LogP contribution in [0.15, 0.2) is 36.8 Å². The SMILES string of the molecule is Cc1nc(-c2cccnc2)sc1-c1ccn(CC2CC2)n1. The predicted octanol–water partition coefficient (Wildman–Crippen LogP) is 3.79. The lowest BCUT2D eigenvalue weighted by Crippen LogP contribution is -1.99. The van der Waals surface area contributed by atoms with Gasteiger partial charge in [-0.3, -0.25) is 9.67 Å². The summed E-state index contributed by atoms with van der Waals surface area (Å²) in [7, 11) is 0. The first-order valence-electron chi connectivity index (χ1n) is 7.21. The van der Waals surface area contributed by atoms with E-state index >= 15 is 0 Å². The lowest BCUT2D eigenvalue weighted by Gasteiger charge is -1.97. The maximum absolute atomic E-state index is 4.70. The maximum atomic E-state index is 4.70. The molecule has 4 nitrogen and oxygen atoms in total. The molecule has 0 aliphatic heterocycles. The van der Waals surface area contributed by atoms with Gasteiger partial charge in [-0.2, -0.15) is 5.10 Å². The Morgan fingerprint density at radius 3 is 3.00 bits per heavy atom. The van der Waals surface area contributed by atoms with Gasteiger partial charge in [0.25, 0.3) is 0 Å². The second kappa shape index (κ2) is 5.07. The number of thiazole rings is 1. The molecule has 0 atom stereocenters. The summed E-state index contributed by atoms with van der Waals surface area (Å²) in [4.78, 5) is 9.99. The molecular weight excluding hydrogens is 280 g/mol. The molecule has 0 saturated heterocycles. The topological polar surface area (TPSA) is 43.6 Å². The van der Waals surface area contributed by atoms with Gasteiger partial charge < -0.3 is 0 Å². The Morgan fingerprint density at radius 1 is 1.33 bits per heavy atom. The van der Waals surface area contributed by atoms with Crippen LogP contribution in [0, 0.1) is 12.8 Å². The van der Waals surface area contributed by atoms with Gasteiger partial charge in [-0.25, -0.2) is 4.98 Å². The van der Waals surface area contributed by atoms with Crippen molar-refractivity contribution in [2.24, 2.45) is 5.92 Å². The van der Waals surface area contributed by atoms with Crippen LogP contribution in [0.2, 0.25) is 0 Å². The van der Waals surface area contributed by atoms with Gasteiger partial charge in [-0.15, -0.1) is 11.3 Å². The van der Waals surface area contributed by atoms with Crippen molar-refractivity contribution in [3.05, 3.63) is 42.5 Å². The van der Waals surface area contributed by atoms with Gasteiger partial charge in [0.05, 0.1) is 10.6 Å². The Bertz CT molecular complexity index is 756. The van der Waals surface area contributed by atoms with E-state index in [1.54, 1.807) is 17.5 Å². The highest BCUT2D eigenvalue weighted by molar-refractivity contribution is 7.18. The van der Waals surface area contributed by atoms with Crippen molar-refractivity contribution < 1.29 is 0 Å². The van der Waals surface area contributed by atoms with E-state index in [9.17, 15) is 0 Å². The highest BCUT2D eigenvalue weighted by Crippen LogP contribution is 2.35. The average Bonchev–Trinajstić information content (AvgIpc) is 3.05. The van der Waals surface area contributed by atoms with Crippen molar-refractivity contribution >= 4 is 11.3 Å². The molecule has 0 unspecified atom stereocenters. The molecule has 0 bridgehead atoms. The molecule has 3 aromatic rings. The van der Waals surface area contributed by atoms with Crippen molar-refractivity contribution in [3.8, 4) is 21.1 Å². The fraction of sp³-hybridized carbons (Fsp3) is 0.312. The second-order valence-corrected chi connectivity index (χ2v) is 6.54. The molecular formula is C16H16N4S. The Hall–Kier alpha value is -2.01. The van der Waals surface area contributed by atoms with E-state index < -0.39 is 0 Å². The predicted molar refractivity (Wildman–Crippen MR) is 84.0 cm³/mol. The summed E-state index contributed by atoms with van der Waals surface area (Å²) < 4.78 is 2.07. The summed E-state index contributed by atoms with van der Waals surface area (Å²) >= 11 is 1.69. The Labute approximate surface area is 127 Å². The first-order valence-corrected chi connectivity index (χ1v) is 8.03. The molecule has 0 aromatic carbocycles. The van der Waals surface area contributed by atoms with Crippen LogP contribution in [0.25, 0.3) is 21.1 Å². The van der Waals surface area contributed by atoms with Crippen LogP contribution in [0.3, 0.4) is 0 Å². The monoisotopic (exact) mass is 296 g/mol. The van der Waals surface area contributed by atoms with Crippen molar-refractivity contribution in [2.45, 2.75) is 26.3 Å². The van der Waals surface area contributed by atoms with Gasteiger partial charge in [0.15, 0.2) is 0 Å². The van der Waals surface area contributed by atoms with E-state index in [0.29, 0.717) is 0 Å². The van der Waals surface area contributed by atoms with Crippen LogP contribution < -0.4 is 0 Å². The van der Waals surface area contributed by atoms with E-state index in [2.05, 4.69) is 26.9 Å². The molecule has 0 amide bonds. The maximum Gasteiger partial charge on any atom is 0.125 e. The van der Waals surface area contributed by atoms with Crippen molar-refractivity contribution in [2.75, 3.05) is 0 Å². The zero-order valence-corrected chi connectivity index (χ0v) is 12.7. The third kappa shape index (κ3) is 2.61. The van der Waals surface area contributed by atoms with Crippen LogP contribution in [-0.2, 0) is 6.54 Å². The number of pyridine rings is 1. The molecule has 0 N–H and O–H groups in total. The molecule has 1 fully saturated rings. The highest BCUT2D eigenvalue weighted by atomic mass is 32.1. The number of nitrogens with zero attached hydrogens (tertiary/aromatic N) is 4. The summed E-state index contributed by atoms with van der Waals surface area (Å²) in [6.07, 6.45) is 8.41. The molecule has 0 radical (unpaired) electrons. The Kier molecular flexibility index (Phi) is 3.07. The molecule has 3 heterocycles. The van der Waals surface area contributed by atoms with Gasteiger partial charge in [-0.1, -0.05) is 0 Å². The number of aromatic nitrogens is 4. The van der Waals surface area contributed by atoms with Crippen LogP contribution >= 0.6 is 11.3 Å². The molecule has 0 spiro atoms. The smallest absolute Gasteiger partial charge is 0.125 e. The van der Waals surface area contributed by atoms with Gasteiger partial charge >= 0.3 is 0 Å². The molecule has 106 valence electrons. The summed E-state index contributed by atoms with van der Waals surface area (Å²) in [5.74, 6) is 0.839. The molecule has 4 rings (SSSR count). The molecule has 1 aliphatic rings. The molecule has 1 saturated carbocycles. The lowest BCUT2D eigenvalue weighted by molar-refractivity contribution is 0.565. The standard InChI is InChI=1S/C16H16N4S/c1-11-15(14-6-8-20(19-14)10-12-4-5-12)21-16(18-11)13-3-2-7-17-9-13/h2-3,6-9,12H,4-5,10H2,1H3. The van der Waals surface area contributed by atoms with Crippen molar-refractivity contribution in [1.29, 1.82) is 0 Å². The minimum atomic E-state index is 0.839. The first-order chi connectivity index (χ1) is 10.3. The van der Waals surface area contributed by atoms with E-state index in [-0.39, 0.29) is 0 Å². The molecule has 1 aliphatic carbocycles. The number of hydrogen-bond donors (Lipinski definition) is 0. The highest BCUT2D eigenvalue weighted by Gasteiger charge is 2.22. The van der Waals surface area contributed by atoms with E-state index in [1.165, 1.54) is 12.8 Å². The van der Waals surface area contributed by atoms with Crippen LogP contribution in [-0.4, -0.2) is 19.7 Å². The van der Waals surface area contributed by atoms with Crippen LogP contribution in [0.1, 0.15) is 18.5 Å². The quantitative estimate of drug-likeness (QED) is 0.735. The van der Waals surface area contributed by atoms with Gasteiger partial charge in [-0.05, 0) is 43.9 Å². The first kappa shape index (κ1) is 12.7. The Balaban J connectivity index is 1.65. The van der Waals surface area contributed by atoms with E-state index in [0.717, 1.165) is 39.3 Å². The molecule has 5 heteroatoms.